The van der Waals surface area contributed by atoms with Crippen LogP contribution in [0.4, 0.5) is 5.69 Å². The third-order valence-electron chi connectivity index (χ3n) is 7.17. The van der Waals surface area contributed by atoms with Gasteiger partial charge in [0, 0.05) is 68.0 Å². The second-order valence-corrected chi connectivity index (χ2v) is 9.15. The maximum atomic E-state index is 4.57. The number of hydrogen-bond donors (Lipinski definition) is 0. The Hall–Kier alpha value is -2.34. The predicted molar refractivity (Wildman–Crippen MR) is 110 cm³/mol. The highest BCUT2D eigenvalue weighted by Gasteiger charge is 2.46. The molecule has 0 spiro atoms. The molecule has 2 bridgehead atoms. The fourth-order valence-corrected chi connectivity index (χ4v) is 5.83. The monoisotopic (exact) mass is 376 g/mol. The summed E-state index contributed by atoms with van der Waals surface area (Å²) in [5.41, 5.74) is 4.84. The van der Waals surface area contributed by atoms with E-state index >= 15 is 0 Å². The van der Waals surface area contributed by atoms with Crippen molar-refractivity contribution in [1.82, 2.24) is 24.3 Å². The zero-order valence-corrected chi connectivity index (χ0v) is 16.7. The highest BCUT2D eigenvalue weighted by atomic mass is 15.4. The summed E-state index contributed by atoms with van der Waals surface area (Å²) in [6.07, 6.45) is 13.6. The molecule has 6 heteroatoms. The Labute approximate surface area is 165 Å². The molecule has 6 nitrogen and oxygen atoms in total. The second kappa shape index (κ2) is 6.08. The minimum Gasteiger partial charge on any atom is -0.367 e. The lowest BCUT2D eigenvalue weighted by Gasteiger charge is -2.50. The van der Waals surface area contributed by atoms with Crippen LogP contribution < -0.4 is 4.90 Å². The molecule has 1 saturated carbocycles. The van der Waals surface area contributed by atoms with E-state index in [9.17, 15) is 0 Å². The lowest BCUT2D eigenvalue weighted by molar-refractivity contribution is 0.0341. The molecule has 0 aromatic carbocycles. The Morgan fingerprint density at radius 3 is 2.43 bits per heavy atom. The molecule has 0 N–H and O–H groups in total. The van der Waals surface area contributed by atoms with E-state index in [4.69, 9.17) is 0 Å². The van der Waals surface area contributed by atoms with Gasteiger partial charge in [-0.05, 0) is 43.7 Å². The number of aromatic nitrogens is 4. The first-order valence-electron chi connectivity index (χ1n) is 10.6. The number of aryl methyl sites for hydroxylation is 1. The van der Waals surface area contributed by atoms with Crippen LogP contribution in [0.5, 0.6) is 0 Å². The Bertz CT molecular complexity index is 999. The largest absolute Gasteiger partial charge is 0.367 e. The van der Waals surface area contributed by atoms with Gasteiger partial charge in [-0.3, -0.25) is 9.58 Å². The average molecular weight is 377 g/mol. The first kappa shape index (κ1) is 16.6. The quantitative estimate of drug-likeness (QED) is 0.704. The molecule has 5 heterocycles. The van der Waals surface area contributed by atoms with Crippen molar-refractivity contribution in [3.63, 3.8) is 0 Å². The molecule has 0 radical (unpaired) electrons. The molecule has 6 rings (SSSR count). The Morgan fingerprint density at radius 1 is 0.964 bits per heavy atom. The Balaban J connectivity index is 1.31. The first-order chi connectivity index (χ1) is 13.7. The highest BCUT2D eigenvalue weighted by molar-refractivity contribution is 5.79. The van der Waals surface area contributed by atoms with Gasteiger partial charge in [-0.15, -0.1) is 0 Å². The van der Waals surface area contributed by atoms with E-state index in [1.807, 2.05) is 28.6 Å². The number of rotatable bonds is 3. The number of hydrogen-bond acceptors (Lipinski definition) is 4. The topological polar surface area (TPSA) is 41.6 Å². The van der Waals surface area contributed by atoms with Crippen molar-refractivity contribution in [3.8, 4) is 11.1 Å². The van der Waals surface area contributed by atoms with Crippen LogP contribution in [-0.2, 0) is 7.05 Å². The van der Waals surface area contributed by atoms with Crippen LogP contribution in [0.3, 0.4) is 0 Å². The maximum absolute atomic E-state index is 4.57. The maximum Gasteiger partial charge on any atom is 0.0886 e. The van der Waals surface area contributed by atoms with Crippen LogP contribution in [0.25, 0.3) is 16.6 Å². The van der Waals surface area contributed by atoms with Crippen molar-refractivity contribution in [3.05, 3.63) is 36.9 Å². The molecule has 2 saturated heterocycles. The lowest BCUT2D eigenvalue weighted by atomic mass is 9.80. The highest BCUT2D eigenvalue weighted by Crippen LogP contribution is 2.42. The molecule has 2 aliphatic heterocycles. The molecular formula is C22H28N6. The number of fused-ring (bicyclic) bond motifs is 3. The number of piperazine rings is 1. The van der Waals surface area contributed by atoms with Crippen LogP contribution in [0.15, 0.2) is 36.9 Å². The van der Waals surface area contributed by atoms with E-state index in [1.54, 1.807) is 0 Å². The van der Waals surface area contributed by atoms with Gasteiger partial charge in [0.1, 0.15) is 0 Å². The molecule has 3 aromatic rings. The number of anilines is 1. The van der Waals surface area contributed by atoms with Crippen molar-refractivity contribution in [1.29, 1.82) is 0 Å². The van der Waals surface area contributed by atoms with Crippen LogP contribution in [0.1, 0.15) is 32.6 Å². The molecule has 2 atom stereocenters. The van der Waals surface area contributed by atoms with Gasteiger partial charge in [-0.25, -0.2) is 4.52 Å². The van der Waals surface area contributed by atoms with Crippen molar-refractivity contribution in [2.24, 2.45) is 13.0 Å². The fourth-order valence-electron chi connectivity index (χ4n) is 5.83. The van der Waals surface area contributed by atoms with Crippen LogP contribution in [-0.4, -0.2) is 55.5 Å². The first-order valence-corrected chi connectivity index (χ1v) is 10.6. The van der Waals surface area contributed by atoms with E-state index in [1.165, 1.54) is 42.5 Å². The molecule has 3 aliphatic rings. The van der Waals surface area contributed by atoms with Gasteiger partial charge in [-0.2, -0.15) is 10.2 Å². The minimum atomic E-state index is 0.720. The van der Waals surface area contributed by atoms with Crippen molar-refractivity contribution in [2.75, 3.05) is 18.0 Å². The smallest absolute Gasteiger partial charge is 0.0886 e. The van der Waals surface area contributed by atoms with Crippen molar-refractivity contribution in [2.45, 2.75) is 50.7 Å². The lowest BCUT2D eigenvalue weighted by Crippen LogP contribution is -2.59. The molecule has 28 heavy (non-hydrogen) atoms. The summed E-state index contributed by atoms with van der Waals surface area (Å²) in [6, 6.07) is 6.75. The zero-order valence-electron chi connectivity index (χ0n) is 16.7. The zero-order chi connectivity index (χ0) is 18.8. The van der Waals surface area contributed by atoms with Gasteiger partial charge in [-0.1, -0.05) is 6.92 Å². The fraction of sp³-hybridized carbons (Fsp3) is 0.545. The molecule has 2 unspecified atom stereocenters. The van der Waals surface area contributed by atoms with Crippen molar-refractivity contribution >= 4 is 11.2 Å². The van der Waals surface area contributed by atoms with Gasteiger partial charge >= 0.3 is 0 Å². The minimum absolute atomic E-state index is 0.720. The van der Waals surface area contributed by atoms with Crippen LogP contribution in [0.2, 0.25) is 0 Å². The molecule has 146 valence electrons. The summed E-state index contributed by atoms with van der Waals surface area (Å²) in [6.45, 7) is 4.69. The van der Waals surface area contributed by atoms with Gasteiger partial charge in [0.25, 0.3) is 0 Å². The predicted octanol–water partition coefficient (Wildman–Crippen LogP) is 3.19. The van der Waals surface area contributed by atoms with E-state index in [-0.39, 0.29) is 0 Å². The third kappa shape index (κ3) is 2.50. The molecule has 3 aromatic heterocycles. The summed E-state index contributed by atoms with van der Waals surface area (Å²) in [5, 5.41) is 8.89. The van der Waals surface area contributed by atoms with E-state index in [0.29, 0.717) is 0 Å². The standard InChI is InChI=1S/C22H28N6/c1-15-7-20(8-15)28-18-3-4-19(28)14-26(13-18)21-5-6-23-27-12-16(9-22(21)27)17-10-24-25(2)11-17/h5-6,9-12,15,18-20H,3-4,7-8,13-14H2,1-2H3. The van der Waals surface area contributed by atoms with E-state index in [2.05, 4.69) is 51.4 Å². The molecular weight excluding hydrogens is 348 g/mol. The van der Waals surface area contributed by atoms with Crippen LogP contribution in [0, 0.1) is 5.92 Å². The van der Waals surface area contributed by atoms with Gasteiger partial charge < -0.3 is 4.90 Å². The van der Waals surface area contributed by atoms with E-state index in [0.717, 1.165) is 42.7 Å². The third-order valence-corrected chi connectivity index (χ3v) is 7.17. The summed E-state index contributed by atoms with van der Waals surface area (Å²) >= 11 is 0. The summed E-state index contributed by atoms with van der Waals surface area (Å²) < 4.78 is 3.88. The summed E-state index contributed by atoms with van der Waals surface area (Å²) in [4.78, 5) is 5.50. The Morgan fingerprint density at radius 2 is 1.75 bits per heavy atom. The second-order valence-electron chi connectivity index (χ2n) is 9.15. The number of nitrogens with zero attached hydrogens (tertiary/aromatic N) is 6. The van der Waals surface area contributed by atoms with E-state index < -0.39 is 0 Å². The normalized spacial score (nSPS) is 30.1. The van der Waals surface area contributed by atoms with Crippen molar-refractivity contribution < 1.29 is 0 Å². The van der Waals surface area contributed by atoms with Gasteiger partial charge in [0.2, 0.25) is 0 Å². The summed E-state index contributed by atoms with van der Waals surface area (Å²) in [7, 11) is 1.96. The average Bonchev–Trinajstić information content (AvgIpc) is 3.34. The molecule has 3 fully saturated rings. The Kier molecular flexibility index (Phi) is 3.60. The summed E-state index contributed by atoms with van der Waals surface area (Å²) in [5.74, 6) is 0.925. The van der Waals surface area contributed by atoms with Crippen LogP contribution >= 0.6 is 0 Å². The van der Waals surface area contributed by atoms with Gasteiger partial charge in [0.05, 0.1) is 17.4 Å². The van der Waals surface area contributed by atoms with Gasteiger partial charge in [0.15, 0.2) is 0 Å². The molecule has 1 aliphatic carbocycles. The molecule has 0 amide bonds. The SMILES string of the molecule is CC1CC(N2C3CCC2CN(c2ccnn4cc(-c5cnn(C)c5)cc24)C3)C1.